The van der Waals surface area contributed by atoms with Crippen molar-refractivity contribution in [3.63, 3.8) is 0 Å². The number of carboxylic acids is 1. The molecule has 2 aromatic carbocycles. The molecule has 7 heteroatoms. The van der Waals surface area contributed by atoms with Gasteiger partial charge < -0.3 is 20.1 Å². The Kier molecular flexibility index (Phi) is 7.30. The summed E-state index contributed by atoms with van der Waals surface area (Å²) in [5.74, 6) is -0.957. The topological polar surface area (TPSA) is 95.9 Å². The largest absolute Gasteiger partial charge is 0.478 e. The summed E-state index contributed by atoms with van der Waals surface area (Å²) in [5, 5.41) is 11.9. The molecule has 1 atom stereocenters. The van der Waals surface area contributed by atoms with Crippen molar-refractivity contribution in [3.05, 3.63) is 71.3 Å². The van der Waals surface area contributed by atoms with Gasteiger partial charge in [0.05, 0.1) is 0 Å². The van der Waals surface area contributed by atoms with Gasteiger partial charge in [0.2, 0.25) is 5.91 Å². The molecule has 2 N–H and O–H groups in total. The molecule has 178 valence electrons. The minimum atomic E-state index is -0.926. The first-order chi connectivity index (χ1) is 16.5. The molecule has 1 unspecified atom stereocenters. The second-order valence-electron chi connectivity index (χ2n) is 8.74. The van der Waals surface area contributed by atoms with E-state index in [0.29, 0.717) is 44.3 Å². The number of carboxylic acid groups (broad SMARTS) is 1. The molecular formula is C27H30N2O5. The van der Waals surface area contributed by atoms with E-state index in [1.807, 2.05) is 31.2 Å². The lowest BCUT2D eigenvalue weighted by Crippen LogP contribution is -2.39. The standard InChI is InChI=1S/C27H30N2O5/c1-2-19(11-12-25(30)29-15-13-18(14-16-29)26(31)32)28-27(33)34-17-24-22-9-5-3-7-20(22)21-8-4-6-10-23(21)24/h3-10,13,19,24H,2,11-12,14-17H2,1H3,(H,28,33)(H,31,32). The molecule has 0 radical (unpaired) electrons. The number of alkyl carbamates (subject to hydrolysis) is 1. The van der Waals surface area contributed by atoms with E-state index in [2.05, 4.69) is 29.6 Å². The van der Waals surface area contributed by atoms with Gasteiger partial charge in [-0.2, -0.15) is 0 Å². The van der Waals surface area contributed by atoms with Gasteiger partial charge >= 0.3 is 12.1 Å². The van der Waals surface area contributed by atoms with Crippen LogP contribution in [0, 0.1) is 0 Å². The number of ether oxygens (including phenoxy) is 1. The van der Waals surface area contributed by atoms with Gasteiger partial charge in [-0.3, -0.25) is 4.79 Å². The van der Waals surface area contributed by atoms with E-state index < -0.39 is 12.1 Å². The van der Waals surface area contributed by atoms with E-state index in [0.717, 1.165) is 11.1 Å². The van der Waals surface area contributed by atoms with Gasteiger partial charge in [0.1, 0.15) is 6.61 Å². The van der Waals surface area contributed by atoms with Crippen LogP contribution in [-0.4, -0.2) is 53.7 Å². The van der Waals surface area contributed by atoms with Crippen LogP contribution in [0.25, 0.3) is 11.1 Å². The third-order valence-corrected chi connectivity index (χ3v) is 6.70. The number of nitrogens with one attached hydrogen (secondary N) is 1. The summed E-state index contributed by atoms with van der Waals surface area (Å²) in [6.45, 7) is 2.94. The number of hydrogen-bond acceptors (Lipinski definition) is 4. The van der Waals surface area contributed by atoms with E-state index >= 15 is 0 Å². The van der Waals surface area contributed by atoms with Crippen LogP contribution in [0.15, 0.2) is 60.2 Å². The van der Waals surface area contributed by atoms with Crippen LogP contribution < -0.4 is 5.32 Å². The molecule has 2 aromatic rings. The predicted octanol–water partition coefficient (Wildman–Crippen LogP) is 4.33. The molecule has 7 nitrogen and oxygen atoms in total. The van der Waals surface area contributed by atoms with Gasteiger partial charge in [-0.15, -0.1) is 0 Å². The number of carbonyl (C=O) groups excluding carboxylic acids is 2. The second-order valence-corrected chi connectivity index (χ2v) is 8.74. The summed E-state index contributed by atoms with van der Waals surface area (Å²) < 4.78 is 5.62. The van der Waals surface area contributed by atoms with Crippen molar-refractivity contribution in [3.8, 4) is 11.1 Å². The zero-order valence-electron chi connectivity index (χ0n) is 19.3. The monoisotopic (exact) mass is 462 g/mol. The molecule has 1 aliphatic heterocycles. The van der Waals surface area contributed by atoms with Crippen LogP contribution in [0.4, 0.5) is 4.79 Å². The highest BCUT2D eigenvalue weighted by Gasteiger charge is 2.29. The Labute approximate surface area is 199 Å². The number of hydrogen-bond donors (Lipinski definition) is 2. The summed E-state index contributed by atoms with van der Waals surface area (Å²) in [5.41, 5.74) is 5.04. The summed E-state index contributed by atoms with van der Waals surface area (Å²) in [7, 11) is 0. The number of nitrogens with zero attached hydrogens (tertiary/aromatic N) is 1. The Morgan fingerprint density at radius 1 is 1.09 bits per heavy atom. The first-order valence-electron chi connectivity index (χ1n) is 11.8. The molecule has 4 rings (SSSR count). The number of aliphatic carboxylic acids is 1. The van der Waals surface area contributed by atoms with Crippen molar-refractivity contribution in [2.75, 3.05) is 19.7 Å². The van der Waals surface area contributed by atoms with Crippen molar-refractivity contribution < 1.29 is 24.2 Å². The highest BCUT2D eigenvalue weighted by Crippen LogP contribution is 2.44. The molecule has 2 aliphatic rings. The average Bonchev–Trinajstić information content (AvgIpc) is 3.18. The number of benzene rings is 2. The molecule has 0 bridgehead atoms. The zero-order valence-corrected chi connectivity index (χ0v) is 19.3. The molecule has 0 saturated carbocycles. The fourth-order valence-electron chi connectivity index (χ4n) is 4.73. The minimum Gasteiger partial charge on any atom is -0.478 e. The van der Waals surface area contributed by atoms with Crippen LogP contribution in [0.2, 0.25) is 0 Å². The van der Waals surface area contributed by atoms with E-state index in [1.165, 1.54) is 11.1 Å². The van der Waals surface area contributed by atoms with Gasteiger partial charge in [-0.1, -0.05) is 61.5 Å². The van der Waals surface area contributed by atoms with E-state index in [9.17, 15) is 14.4 Å². The maximum Gasteiger partial charge on any atom is 0.407 e. The molecule has 0 fully saturated rings. The molecule has 0 aromatic heterocycles. The first-order valence-corrected chi connectivity index (χ1v) is 11.8. The molecule has 0 spiro atoms. The Bertz CT molecular complexity index is 1060. The summed E-state index contributed by atoms with van der Waals surface area (Å²) in [4.78, 5) is 37.7. The van der Waals surface area contributed by atoms with Gasteiger partial charge in [0.15, 0.2) is 0 Å². The molecular weight excluding hydrogens is 432 g/mol. The molecule has 1 aliphatic carbocycles. The van der Waals surface area contributed by atoms with Crippen LogP contribution in [0.1, 0.15) is 49.7 Å². The maximum absolute atomic E-state index is 12.5. The number of rotatable bonds is 8. The predicted molar refractivity (Wildman–Crippen MR) is 128 cm³/mol. The van der Waals surface area contributed by atoms with Crippen molar-refractivity contribution >= 4 is 18.0 Å². The molecule has 34 heavy (non-hydrogen) atoms. The lowest BCUT2D eigenvalue weighted by molar-refractivity contribution is -0.135. The van der Waals surface area contributed by atoms with Gasteiger partial charge in [0.25, 0.3) is 0 Å². The lowest BCUT2D eigenvalue weighted by atomic mass is 9.98. The third kappa shape index (κ3) is 5.14. The quantitative estimate of drug-likeness (QED) is 0.609. The minimum absolute atomic E-state index is 0.00246. The van der Waals surface area contributed by atoms with E-state index in [4.69, 9.17) is 9.84 Å². The van der Waals surface area contributed by atoms with Crippen molar-refractivity contribution in [1.29, 1.82) is 0 Å². The summed E-state index contributed by atoms with van der Waals surface area (Å²) in [6, 6.07) is 16.2. The maximum atomic E-state index is 12.5. The Morgan fingerprint density at radius 2 is 1.74 bits per heavy atom. The van der Waals surface area contributed by atoms with Crippen LogP contribution in [0.3, 0.4) is 0 Å². The fraction of sp³-hybridized carbons (Fsp3) is 0.370. The molecule has 1 heterocycles. The van der Waals surface area contributed by atoms with Gasteiger partial charge in [-0.05, 0) is 41.5 Å². The first kappa shape index (κ1) is 23.5. The van der Waals surface area contributed by atoms with Crippen LogP contribution >= 0.6 is 0 Å². The summed E-state index contributed by atoms with van der Waals surface area (Å²) >= 11 is 0. The SMILES string of the molecule is CCC(CCC(=O)N1CC=C(C(=O)O)CC1)NC(=O)OCC1c2ccccc2-c2ccccc21. The fourth-order valence-corrected chi connectivity index (χ4v) is 4.73. The van der Waals surface area contributed by atoms with E-state index in [1.54, 1.807) is 11.0 Å². The Morgan fingerprint density at radius 3 is 2.29 bits per heavy atom. The highest BCUT2D eigenvalue weighted by atomic mass is 16.5. The van der Waals surface area contributed by atoms with Gasteiger partial charge in [-0.25, -0.2) is 9.59 Å². The van der Waals surface area contributed by atoms with Crippen molar-refractivity contribution in [1.82, 2.24) is 10.2 Å². The number of fused-ring (bicyclic) bond motifs is 3. The van der Waals surface area contributed by atoms with E-state index in [-0.39, 0.29) is 24.5 Å². The second kappa shape index (κ2) is 10.5. The van der Waals surface area contributed by atoms with Crippen LogP contribution in [-0.2, 0) is 14.3 Å². The molecule has 2 amide bonds. The zero-order chi connectivity index (χ0) is 24.1. The summed E-state index contributed by atoms with van der Waals surface area (Å²) in [6.07, 6.45) is 2.95. The number of carbonyl (C=O) groups is 3. The highest BCUT2D eigenvalue weighted by molar-refractivity contribution is 5.87. The van der Waals surface area contributed by atoms with Gasteiger partial charge in [0, 0.05) is 37.0 Å². The Hall–Kier alpha value is -3.61. The average molecular weight is 463 g/mol. The molecule has 0 saturated heterocycles. The Balaban J connectivity index is 1.27. The smallest absolute Gasteiger partial charge is 0.407 e. The lowest BCUT2D eigenvalue weighted by Gasteiger charge is -2.26. The van der Waals surface area contributed by atoms with Crippen molar-refractivity contribution in [2.45, 2.75) is 44.6 Å². The van der Waals surface area contributed by atoms with Crippen LogP contribution in [0.5, 0.6) is 0 Å². The number of amides is 2. The normalized spacial score (nSPS) is 15.7. The van der Waals surface area contributed by atoms with Crippen molar-refractivity contribution in [2.24, 2.45) is 0 Å². The third-order valence-electron chi connectivity index (χ3n) is 6.70.